The van der Waals surface area contributed by atoms with Crippen LogP contribution >= 0.6 is 34.8 Å². The van der Waals surface area contributed by atoms with Crippen molar-refractivity contribution in [1.82, 2.24) is 4.98 Å². The van der Waals surface area contributed by atoms with E-state index in [0.29, 0.717) is 16.4 Å². The molecule has 0 unspecified atom stereocenters. The van der Waals surface area contributed by atoms with Crippen molar-refractivity contribution in [3.8, 4) is 0 Å². The van der Waals surface area contributed by atoms with Gasteiger partial charge in [0.15, 0.2) is 0 Å². The lowest BCUT2D eigenvalue weighted by Crippen LogP contribution is -2.13. The van der Waals surface area contributed by atoms with Gasteiger partial charge in [-0.1, -0.05) is 34.8 Å². The van der Waals surface area contributed by atoms with Crippen LogP contribution in [0.25, 0.3) is 0 Å². The van der Waals surface area contributed by atoms with Crippen molar-refractivity contribution in [2.75, 3.05) is 4.72 Å². The molecule has 0 radical (unpaired) electrons. The second-order valence-electron chi connectivity index (χ2n) is 4.04. The Kier molecular flexibility index (Phi) is 4.44. The van der Waals surface area contributed by atoms with Gasteiger partial charge in [-0.2, -0.15) is 0 Å². The summed E-state index contributed by atoms with van der Waals surface area (Å²) in [5.74, 6) is 0. The zero-order valence-corrected chi connectivity index (χ0v) is 13.3. The summed E-state index contributed by atoms with van der Waals surface area (Å²) in [7, 11) is -3.79. The molecule has 20 heavy (non-hydrogen) atoms. The van der Waals surface area contributed by atoms with Crippen LogP contribution < -0.4 is 4.72 Å². The highest BCUT2D eigenvalue weighted by Gasteiger charge is 2.16. The van der Waals surface area contributed by atoms with E-state index in [1.807, 2.05) is 0 Å². The van der Waals surface area contributed by atoms with Gasteiger partial charge in [0.2, 0.25) is 0 Å². The highest BCUT2D eigenvalue weighted by molar-refractivity contribution is 7.92. The van der Waals surface area contributed by atoms with Crippen LogP contribution in [0.3, 0.4) is 0 Å². The third-order valence-corrected chi connectivity index (χ3v) is 4.61. The summed E-state index contributed by atoms with van der Waals surface area (Å²) in [5, 5.41) is 0.797. The van der Waals surface area contributed by atoms with Gasteiger partial charge in [0, 0.05) is 10.0 Å². The molecular weight excluding hydrogens is 343 g/mol. The summed E-state index contributed by atoms with van der Waals surface area (Å²) in [5.41, 5.74) is 0.971. The quantitative estimate of drug-likeness (QED) is 0.845. The molecule has 106 valence electrons. The number of nitrogens with zero attached hydrogens (tertiary/aromatic N) is 1. The molecule has 0 saturated heterocycles. The van der Waals surface area contributed by atoms with Crippen molar-refractivity contribution in [3.05, 3.63) is 51.2 Å². The van der Waals surface area contributed by atoms with Crippen LogP contribution in [-0.2, 0) is 10.0 Å². The second kappa shape index (κ2) is 5.77. The minimum absolute atomic E-state index is 0.0254. The molecule has 0 spiro atoms. The Labute approximate surface area is 131 Å². The number of hydrogen-bond donors (Lipinski definition) is 1. The minimum atomic E-state index is -3.79. The van der Waals surface area contributed by atoms with E-state index in [1.54, 1.807) is 13.0 Å². The number of anilines is 1. The van der Waals surface area contributed by atoms with Gasteiger partial charge >= 0.3 is 0 Å². The Morgan fingerprint density at radius 2 is 1.65 bits per heavy atom. The van der Waals surface area contributed by atoms with Crippen LogP contribution in [0.15, 0.2) is 35.4 Å². The number of nitrogens with one attached hydrogen (secondary N) is 1. The summed E-state index contributed by atoms with van der Waals surface area (Å²) in [6, 6.07) is 5.66. The van der Waals surface area contributed by atoms with E-state index in [1.165, 1.54) is 24.4 Å². The Bertz CT molecular complexity index is 743. The Hall–Kier alpha value is -1.01. The van der Waals surface area contributed by atoms with Crippen LogP contribution in [0.2, 0.25) is 15.2 Å². The number of rotatable bonds is 3. The lowest BCUT2D eigenvalue weighted by Gasteiger charge is -2.09. The maximum Gasteiger partial charge on any atom is 0.262 e. The predicted molar refractivity (Wildman–Crippen MR) is 81.3 cm³/mol. The normalized spacial score (nSPS) is 11.4. The zero-order valence-electron chi connectivity index (χ0n) is 10.2. The molecule has 2 rings (SSSR count). The summed E-state index contributed by atoms with van der Waals surface area (Å²) in [4.78, 5) is 3.85. The average molecular weight is 352 g/mol. The second-order valence-corrected chi connectivity index (χ2v) is 6.96. The molecule has 1 aromatic heterocycles. The number of benzene rings is 1. The summed E-state index contributed by atoms with van der Waals surface area (Å²) in [6.45, 7) is 1.73. The SMILES string of the molecule is Cc1cc(NS(=O)(=O)c2cc(Cl)cc(Cl)c2)cnc1Cl. The van der Waals surface area contributed by atoms with Gasteiger partial charge in [-0.15, -0.1) is 0 Å². The average Bonchev–Trinajstić information content (AvgIpc) is 2.32. The molecule has 0 amide bonds. The first-order valence-electron chi connectivity index (χ1n) is 5.39. The largest absolute Gasteiger partial charge is 0.278 e. The molecule has 0 atom stereocenters. The molecule has 4 nitrogen and oxygen atoms in total. The Morgan fingerprint density at radius 1 is 1.05 bits per heavy atom. The number of aromatic nitrogens is 1. The Balaban J connectivity index is 2.37. The summed E-state index contributed by atoms with van der Waals surface area (Å²) < 4.78 is 26.8. The highest BCUT2D eigenvalue weighted by atomic mass is 35.5. The first-order chi connectivity index (χ1) is 9.28. The molecule has 0 bridgehead atoms. The fourth-order valence-electron chi connectivity index (χ4n) is 1.51. The molecule has 0 fully saturated rings. The standard InChI is InChI=1S/C12H9Cl3N2O2S/c1-7-2-10(6-16-12(7)15)17-20(18,19)11-4-8(13)3-9(14)5-11/h2-6,17H,1H3. The van der Waals surface area contributed by atoms with Crippen LogP contribution in [0.4, 0.5) is 5.69 Å². The van der Waals surface area contributed by atoms with Crippen molar-refractivity contribution in [2.24, 2.45) is 0 Å². The number of halogens is 3. The Morgan fingerprint density at radius 3 is 2.20 bits per heavy atom. The molecule has 0 aliphatic rings. The molecular formula is C12H9Cl3N2O2S. The van der Waals surface area contributed by atoms with Gasteiger partial charge < -0.3 is 0 Å². The molecule has 1 aromatic carbocycles. The van der Waals surface area contributed by atoms with Crippen molar-refractivity contribution in [2.45, 2.75) is 11.8 Å². The van der Waals surface area contributed by atoms with Gasteiger partial charge in [-0.3, -0.25) is 4.72 Å². The fraction of sp³-hybridized carbons (Fsp3) is 0.0833. The third-order valence-electron chi connectivity index (χ3n) is 2.41. The maximum absolute atomic E-state index is 12.2. The zero-order chi connectivity index (χ0) is 14.9. The number of sulfonamides is 1. The summed E-state index contributed by atoms with van der Waals surface area (Å²) >= 11 is 17.4. The number of pyridine rings is 1. The number of aryl methyl sites for hydroxylation is 1. The van der Waals surface area contributed by atoms with E-state index in [2.05, 4.69) is 9.71 Å². The first-order valence-corrected chi connectivity index (χ1v) is 8.01. The van der Waals surface area contributed by atoms with E-state index in [4.69, 9.17) is 34.8 Å². The van der Waals surface area contributed by atoms with Crippen molar-refractivity contribution < 1.29 is 8.42 Å². The fourth-order valence-corrected chi connectivity index (χ4v) is 3.37. The smallest absolute Gasteiger partial charge is 0.262 e. The monoisotopic (exact) mass is 350 g/mol. The molecule has 0 saturated carbocycles. The first kappa shape index (κ1) is 15.4. The predicted octanol–water partition coefficient (Wildman–Crippen LogP) is 4.15. The third kappa shape index (κ3) is 3.55. The van der Waals surface area contributed by atoms with E-state index in [9.17, 15) is 8.42 Å². The summed E-state index contributed by atoms with van der Waals surface area (Å²) in [6.07, 6.45) is 1.33. The lowest BCUT2D eigenvalue weighted by molar-refractivity contribution is 0.601. The van der Waals surface area contributed by atoms with Gasteiger partial charge in [0.05, 0.1) is 16.8 Å². The van der Waals surface area contributed by atoms with Crippen molar-refractivity contribution in [3.63, 3.8) is 0 Å². The molecule has 1 heterocycles. The molecule has 1 N–H and O–H groups in total. The van der Waals surface area contributed by atoms with Crippen molar-refractivity contribution >= 4 is 50.5 Å². The molecule has 0 aliphatic carbocycles. The van der Waals surface area contributed by atoms with Crippen LogP contribution in [0, 0.1) is 6.92 Å². The maximum atomic E-state index is 12.2. The van der Waals surface area contributed by atoms with Crippen molar-refractivity contribution in [1.29, 1.82) is 0 Å². The molecule has 2 aromatic rings. The molecule has 0 aliphatic heterocycles. The van der Waals surface area contributed by atoms with Gasteiger partial charge in [-0.25, -0.2) is 13.4 Å². The van der Waals surface area contributed by atoms with Crippen LogP contribution in [0.1, 0.15) is 5.56 Å². The highest BCUT2D eigenvalue weighted by Crippen LogP contribution is 2.24. The molecule has 8 heteroatoms. The van der Waals surface area contributed by atoms with Gasteiger partial charge in [0.1, 0.15) is 5.15 Å². The number of hydrogen-bond acceptors (Lipinski definition) is 3. The van der Waals surface area contributed by atoms with Crippen LogP contribution in [0.5, 0.6) is 0 Å². The van der Waals surface area contributed by atoms with E-state index >= 15 is 0 Å². The topological polar surface area (TPSA) is 59.1 Å². The van der Waals surface area contributed by atoms with Gasteiger partial charge in [0.25, 0.3) is 10.0 Å². The minimum Gasteiger partial charge on any atom is -0.278 e. The van der Waals surface area contributed by atoms with E-state index in [0.717, 1.165) is 0 Å². The lowest BCUT2D eigenvalue weighted by atomic mass is 10.3. The van der Waals surface area contributed by atoms with Crippen LogP contribution in [-0.4, -0.2) is 13.4 Å². The van der Waals surface area contributed by atoms with Gasteiger partial charge in [-0.05, 0) is 36.8 Å². The van der Waals surface area contributed by atoms with E-state index in [-0.39, 0.29) is 14.9 Å². The van der Waals surface area contributed by atoms with E-state index < -0.39 is 10.0 Å².